The Morgan fingerprint density at radius 2 is 2.14 bits per heavy atom. The largest absolute Gasteiger partial charge is 0.490 e. The normalized spacial score (nSPS) is 20.8. The molecule has 1 saturated carbocycles. The van der Waals surface area contributed by atoms with Crippen molar-refractivity contribution in [3.63, 3.8) is 0 Å². The van der Waals surface area contributed by atoms with Gasteiger partial charge in [0.2, 0.25) is 0 Å². The lowest BCUT2D eigenvalue weighted by atomic mass is 9.83. The average Bonchev–Trinajstić information content (AvgIpc) is 2.99. The number of thiazole rings is 1. The number of aliphatic hydroxyl groups is 1. The fraction of sp³-hybridized carbons (Fsp3) is 0.619. The molecule has 3 rings (SSSR count). The number of aromatic nitrogens is 1. The topological polar surface area (TPSA) is 68.7 Å². The van der Waals surface area contributed by atoms with E-state index >= 15 is 0 Å². The highest BCUT2D eigenvalue weighted by Gasteiger charge is 2.31. The highest BCUT2D eigenvalue weighted by Crippen LogP contribution is 2.36. The molecule has 1 heterocycles. The lowest BCUT2D eigenvalue weighted by Crippen LogP contribution is -2.36. The molecule has 0 saturated heterocycles. The number of carbonyl (C=O) groups is 1. The summed E-state index contributed by atoms with van der Waals surface area (Å²) in [4.78, 5) is 15.4. The predicted molar refractivity (Wildman–Crippen MR) is 107 cm³/mol. The number of rotatable bonds is 9. The van der Waals surface area contributed by atoms with Gasteiger partial charge in [0, 0.05) is 13.0 Å². The summed E-state index contributed by atoms with van der Waals surface area (Å²) >= 11 is 1.15. The third-order valence-electron chi connectivity index (χ3n) is 4.90. The van der Waals surface area contributed by atoms with Gasteiger partial charge in [-0.15, -0.1) is 11.3 Å². The number of Topliss-reactive ketones (excluding diaryl/α,β-unsaturated/α-hetero) is 1. The third-order valence-corrected chi connectivity index (χ3v) is 6.28. The third kappa shape index (κ3) is 5.07. The van der Waals surface area contributed by atoms with Gasteiger partial charge in [-0.25, -0.2) is 9.37 Å². The molecular formula is C21H28FNO4S. The van der Waals surface area contributed by atoms with Crippen LogP contribution in [0.1, 0.15) is 52.0 Å². The molecule has 1 N–H and O–H groups in total. The Balaban J connectivity index is 1.49. The van der Waals surface area contributed by atoms with E-state index in [1.54, 1.807) is 32.9 Å². The second-order valence-corrected chi connectivity index (χ2v) is 9.42. The lowest BCUT2D eigenvalue weighted by molar-refractivity contribution is -0.119. The van der Waals surface area contributed by atoms with E-state index in [0.717, 1.165) is 24.2 Å². The van der Waals surface area contributed by atoms with E-state index in [1.165, 1.54) is 0 Å². The van der Waals surface area contributed by atoms with Gasteiger partial charge in [-0.3, -0.25) is 0 Å². The van der Waals surface area contributed by atoms with Gasteiger partial charge in [-0.05, 0) is 57.6 Å². The number of halogens is 1. The Morgan fingerprint density at radius 3 is 2.79 bits per heavy atom. The molecule has 1 aromatic heterocycles. The fourth-order valence-corrected chi connectivity index (χ4v) is 4.31. The van der Waals surface area contributed by atoms with Crippen LogP contribution in [0.5, 0.6) is 5.75 Å². The summed E-state index contributed by atoms with van der Waals surface area (Å²) in [7, 11) is 0. The van der Waals surface area contributed by atoms with Crippen LogP contribution >= 0.6 is 11.3 Å². The summed E-state index contributed by atoms with van der Waals surface area (Å²) in [6.07, 6.45) is 2.53. The standard InChI is InChI=1S/C21H28FNO4S/c1-12(7-13(2)24)10-26-15-8-14(9-15)11-27-17-6-5-16-19(18(17)22)28-20(23-16)21(3,4)25/h5-6,12,14-15,25H,7-11H2,1-4H3/t12-,14?,15?/m1/s1. The van der Waals surface area contributed by atoms with Crippen molar-refractivity contribution < 1.29 is 23.8 Å². The molecule has 1 aromatic carbocycles. The van der Waals surface area contributed by atoms with E-state index in [1.807, 2.05) is 6.92 Å². The minimum absolute atomic E-state index is 0.186. The van der Waals surface area contributed by atoms with Crippen molar-refractivity contribution in [1.29, 1.82) is 0 Å². The van der Waals surface area contributed by atoms with Crippen LogP contribution in [0.4, 0.5) is 4.39 Å². The zero-order valence-electron chi connectivity index (χ0n) is 16.8. The van der Waals surface area contributed by atoms with Crippen molar-refractivity contribution in [3.8, 4) is 5.75 Å². The fourth-order valence-electron chi connectivity index (χ4n) is 3.32. The van der Waals surface area contributed by atoms with Crippen LogP contribution in [-0.2, 0) is 15.1 Å². The molecule has 2 aromatic rings. The number of hydrogen-bond acceptors (Lipinski definition) is 6. The van der Waals surface area contributed by atoms with Crippen molar-refractivity contribution in [2.75, 3.05) is 13.2 Å². The van der Waals surface area contributed by atoms with Crippen LogP contribution in [0, 0.1) is 17.7 Å². The monoisotopic (exact) mass is 409 g/mol. The zero-order valence-corrected chi connectivity index (χ0v) is 17.6. The van der Waals surface area contributed by atoms with Gasteiger partial charge in [-0.2, -0.15) is 0 Å². The SMILES string of the molecule is CC(=O)C[C@@H](C)COC1CC(COc2ccc3nc(C(C)(C)O)sc3c2F)C1. The van der Waals surface area contributed by atoms with Crippen molar-refractivity contribution in [2.45, 2.75) is 58.7 Å². The molecule has 1 atom stereocenters. The second kappa shape index (κ2) is 8.43. The highest BCUT2D eigenvalue weighted by molar-refractivity contribution is 7.18. The zero-order chi connectivity index (χ0) is 20.5. The number of carbonyl (C=O) groups excluding carboxylic acids is 1. The highest BCUT2D eigenvalue weighted by atomic mass is 32.1. The lowest BCUT2D eigenvalue weighted by Gasteiger charge is -2.35. The minimum atomic E-state index is -1.10. The summed E-state index contributed by atoms with van der Waals surface area (Å²) in [5.74, 6) is 0.567. The maximum atomic E-state index is 14.7. The Bertz CT molecular complexity index is 839. The van der Waals surface area contributed by atoms with Crippen LogP contribution in [0.3, 0.4) is 0 Å². The molecule has 1 fully saturated rings. The second-order valence-electron chi connectivity index (χ2n) is 8.42. The molecule has 28 heavy (non-hydrogen) atoms. The van der Waals surface area contributed by atoms with Crippen LogP contribution in [0.2, 0.25) is 0 Å². The maximum absolute atomic E-state index is 14.7. The van der Waals surface area contributed by atoms with Crippen LogP contribution in [-0.4, -0.2) is 35.2 Å². The Kier molecular flexibility index (Phi) is 6.37. The Hall–Kier alpha value is -1.57. The molecule has 1 aliphatic rings. The Labute approximate surface area is 168 Å². The van der Waals surface area contributed by atoms with E-state index in [0.29, 0.717) is 40.8 Å². The van der Waals surface area contributed by atoms with E-state index in [-0.39, 0.29) is 23.6 Å². The van der Waals surface area contributed by atoms with Crippen molar-refractivity contribution in [1.82, 2.24) is 4.98 Å². The molecule has 154 valence electrons. The number of nitrogens with zero attached hydrogens (tertiary/aromatic N) is 1. The first-order valence-corrected chi connectivity index (χ1v) is 10.5. The molecule has 0 radical (unpaired) electrons. The number of ketones is 1. The number of fused-ring (bicyclic) bond motifs is 1. The molecule has 0 unspecified atom stereocenters. The summed E-state index contributed by atoms with van der Waals surface area (Å²) in [6.45, 7) is 7.93. The smallest absolute Gasteiger partial charge is 0.184 e. The van der Waals surface area contributed by atoms with Gasteiger partial charge >= 0.3 is 0 Å². The van der Waals surface area contributed by atoms with E-state index in [2.05, 4.69) is 4.98 Å². The van der Waals surface area contributed by atoms with Gasteiger partial charge in [0.05, 0.1) is 22.9 Å². The first kappa shape index (κ1) is 21.1. The molecule has 0 bridgehead atoms. The summed E-state index contributed by atoms with van der Waals surface area (Å²) in [6, 6.07) is 3.32. The molecule has 1 aliphatic carbocycles. The molecular weight excluding hydrogens is 381 g/mol. The molecule has 5 nitrogen and oxygen atoms in total. The van der Waals surface area contributed by atoms with E-state index in [4.69, 9.17) is 9.47 Å². The number of hydrogen-bond donors (Lipinski definition) is 1. The van der Waals surface area contributed by atoms with E-state index < -0.39 is 11.4 Å². The maximum Gasteiger partial charge on any atom is 0.184 e. The molecule has 0 aliphatic heterocycles. The molecule has 7 heteroatoms. The van der Waals surface area contributed by atoms with Gasteiger partial charge in [0.15, 0.2) is 11.6 Å². The van der Waals surface area contributed by atoms with Crippen LogP contribution in [0.15, 0.2) is 12.1 Å². The number of ether oxygens (including phenoxy) is 2. The van der Waals surface area contributed by atoms with Crippen molar-refractivity contribution in [2.24, 2.45) is 11.8 Å². The number of benzene rings is 1. The first-order chi connectivity index (χ1) is 13.1. The molecule has 0 amide bonds. The molecule has 0 spiro atoms. The van der Waals surface area contributed by atoms with Gasteiger partial charge in [0.25, 0.3) is 0 Å². The average molecular weight is 410 g/mol. The van der Waals surface area contributed by atoms with Gasteiger partial charge in [0.1, 0.15) is 16.4 Å². The quantitative estimate of drug-likeness (QED) is 0.663. The van der Waals surface area contributed by atoms with Crippen molar-refractivity contribution in [3.05, 3.63) is 23.0 Å². The van der Waals surface area contributed by atoms with Crippen LogP contribution < -0.4 is 4.74 Å². The summed E-state index contributed by atoms with van der Waals surface area (Å²) in [5, 5.41) is 10.6. The predicted octanol–water partition coefficient (Wildman–Crippen LogP) is 4.45. The van der Waals surface area contributed by atoms with Crippen molar-refractivity contribution >= 4 is 27.3 Å². The summed E-state index contributed by atoms with van der Waals surface area (Å²) in [5.41, 5.74) is -0.566. The van der Waals surface area contributed by atoms with E-state index in [9.17, 15) is 14.3 Å². The van der Waals surface area contributed by atoms with Gasteiger partial charge < -0.3 is 19.4 Å². The van der Waals surface area contributed by atoms with Gasteiger partial charge in [-0.1, -0.05) is 6.92 Å². The first-order valence-electron chi connectivity index (χ1n) is 9.69. The Morgan fingerprint density at radius 1 is 1.43 bits per heavy atom. The van der Waals surface area contributed by atoms with Crippen LogP contribution in [0.25, 0.3) is 10.2 Å². The summed E-state index contributed by atoms with van der Waals surface area (Å²) < 4.78 is 26.7. The minimum Gasteiger partial charge on any atom is -0.490 e.